The normalized spacial score (nSPS) is 11.7. The number of halogens is 2. The molecule has 0 bridgehead atoms. The molecule has 1 rings (SSSR count). The van der Waals surface area contributed by atoms with Gasteiger partial charge in [0.25, 0.3) is 0 Å². The number of benzene rings is 1. The van der Waals surface area contributed by atoms with Gasteiger partial charge in [-0.05, 0) is 63.4 Å². The van der Waals surface area contributed by atoms with Crippen molar-refractivity contribution >= 4 is 31.9 Å². The molecule has 0 saturated heterocycles. The van der Waals surface area contributed by atoms with Gasteiger partial charge in [0, 0.05) is 20.2 Å². The minimum Gasteiger partial charge on any atom is -0.494 e. The molecule has 0 radical (unpaired) electrons. The van der Waals surface area contributed by atoms with E-state index in [0.717, 1.165) is 27.8 Å². The molecule has 0 aromatic heterocycles. The number of ether oxygens (including phenoxy) is 2. The average Bonchev–Trinajstić information content (AvgIpc) is 2.28. The lowest BCUT2D eigenvalue weighted by atomic mass is 10.1. The number of hydrogen-bond acceptors (Lipinski definition) is 3. The summed E-state index contributed by atoms with van der Waals surface area (Å²) < 4.78 is 12.5. The molecule has 0 aliphatic carbocycles. The number of hydrogen-bond donors (Lipinski definition) is 1. The van der Waals surface area contributed by atoms with Gasteiger partial charge >= 0.3 is 0 Å². The van der Waals surface area contributed by atoms with Gasteiger partial charge in [-0.3, -0.25) is 0 Å². The van der Waals surface area contributed by atoms with E-state index in [9.17, 15) is 0 Å². The molecule has 5 heteroatoms. The van der Waals surface area contributed by atoms with Crippen LogP contribution in [0.25, 0.3) is 0 Å². The van der Waals surface area contributed by atoms with Crippen molar-refractivity contribution in [2.24, 2.45) is 0 Å². The maximum absolute atomic E-state index is 5.36. The summed E-state index contributed by atoms with van der Waals surface area (Å²) in [5.41, 5.74) is 1.03. The maximum Gasteiger partial charge on any atom is 0.147 e. The Bertz CT molecular complexity index is 385. The van der Waals surface area contributed by atoms with Crippen LogP contribution < -0.4 is 10.1 Å². The van der Waals surface area contributed by atoms with E-state index in [1.54, 1.807) is 14.2 Å². The summed E-state index contributed by atoms with van der Waals surface area (Å²) in [6, 6.07) is 4.10. The summed E-state index contributed by atoms with van der Waals surface area (Å²) in [4.78, 5) is 0. The van der Waals surface area contributed by atoms with Crippen LogP contribution in [0.1, 0.15) is 19.4 Å². The lowest BCUT2D eigenvalue weighted by Crippen LogP contribution is -2.36. The molecular formula is C13H19Br2NO2. The van der Waals surface area contributed by atoms with Gasteiger partial charge in [-0.2, -0.15) is 0 Å². The molecular weight excluding hydrogens is 362 g/mol. The van der Waals surface area contributed by atoms with E-state index in [1.165, 1.54) is 5.56 Å². The van der Waals surface area contributed by atoms with Crippen molar-refractivity contribution in [1.82, 2.24) is 5.32 Å². The molecule has 0 aliphatic heterocycles. The first-order valence-corrected chi connectivity index (χ1v) is 7.26. The highest BCUT2D eigenvalue weighted by molar-refractivity contribution is 9.11. The van der Waals surface area contributed by atoms with Crippen LogP contribution in [0.2, 0.25) is 0 Å². The lowest BCUT2D eigenvalue weighted by molar-refractivity contribution is 0.0230. The molecule has 0 amide bonds. The summed E-state index contributed by atoms with van der Waals surface area (Å²) in [6.07, 6.45) is 0. The summed E-state index contributed by atoms with van der Waals surface area (Å²) in [5, 5.41) is 3.38. The fourth-order valence-electron chi connectivity index (χ4n) is 1.49. The van der Waals surface area contributed by atoms with Crippen molar-refractivity contribution in [3.05, 3.63) is 26.6 Å². The van der Waals surface area contributed by atoms with Crippen molar-refractivity contribution in [2.75, 3.05) is 20.8 Å². The van der Waals surface area contributed by atoms with Gasteiger partial charge in [-0.15, -0.1) is 0 Å². The third-order valence-electron chi connectivity index (χ3n) is 2.69. The average molecular weight is 381 g/mol. The smallest absolute Gasteiger partial charge is 0.147 e. The second-order valence-corrected chi connectivity index (χ2v) is 6.37. The van der Waals surface area contributed by atoms with Gasteiger partial charge in [-0.25, -0.2) is 0 Å². The Kier molecular flexibility index (Phi) is 6.11. The Morgan fingerprint density at radius 3 is 2.17 bits per heavy atom. The second kappa shape index (κ2) is 6.89. The Labute approximate surface area is 125 Å². The first kappa shape index (κ1) is 16.0. The van der Waals surface area contributed by atoms with E-state index in [0.29, 0.717) is 0 Å². The third kappa shape index (κ3) is 4.53. The zero-order valence-corrected chi connectivity index (χ0v) is 14.3. The molecule has 102 valence electrons. The third-order valence-corrected chi connectivity index (χ3v) is 3.87. The van der Waals surface area contributed by atoms with E-state index < -0.39 is 0 Å². The van der Waals surface area contributed by atoms with Crippen molar-refractivity contribution in [3.8, 4) is 5.75 Å². The van der Waals surface area contributed by atoms with Crippen molar-refractivity contribution < 1.29 is 9.47 Å². The fourth-order valence-corrected chi connectivity index (χ4v) is 3.09. The van der Waals surface area contributed by atoms with Crippen LogP contribution in [0.5, 0.6) is 5.75 Å². The highest BCUT2D eigenvalue weighted by atomic mass is 79.9. The Morgan fingerprint density at radius 2 is 1.72 bits per heavy atom. The first-order valence-electron chi connectivity index (χ1n) is 5.67. The largest absolute Gasteiger partial charge is 0.494 e. The monoisotopic (exact) mass is 379 g/mol. The second-order valence-electron chi connectivity index (χ2n) is 4.66. The fraction of sp³-hybridized carbons (Fsp3) is 0.538. The summed E-state index contributed by atoms with van der Waals surface area (Å²) in [7, 11) is 3.38. The zero-order valence-electron chi connectivity index (χ0n) is 11.1. The summed E-state index contributed by atoms with van der Waals surface area (Å²) in [6.45, 7) is 5.69. The Hall–Kier alpha value is -0.100. The lowest BCUT2D eigenvalue weighted by Gasteiger charge is -2.23. The SMILES string of the molecule is COc1c(Br)cc(CNCC(C)(C)OC)cc1Br. The molecule has 1 aromatic rings. The Morgan fingerprint density at radius 1 is 1.17 bits per heavy atom. The quantitative estimate of drug-likeness (QED) is 0.815. The van der Waals surface area contributed by atoms with Gasteiger partial charge in [0.1, 0.15) is 5.75 Å². The molecule has 1 aromatic carbocycles. The molecule has 1 N–H and O–H groups in total. The van der Waals surface area contributed by atoms with E-state index in [4.69, 9.17) is 9.47 Å². The molecule has 3 nitrogen and oxygen atoms in total. The highest BCUT2D eigenvalue weighted by Gasteiger charge is 2.15. The molecule has 0 heterocycles. The van der Waals surface area contributed by atoms with Crippen LogP contribution in [-0.4, -0.2) is 26.4 Å². The van der Waals surface area contributed by atoms with E-state index in [1.807, 2.05) is 0 Å². The van der Waals surface area contributed by atoms with E-state index in [-0.39, 0.29) is 5.60 Å². The topological polar surface area (TPSA) is 30.5 Å². The van der Waals surface area contributed by atoms with Crippen LogP contribution in [0.4, 0.5) is 0 Å². The van der Waals surface area contributed by atoms with Gasteiger partial charge in [-0.1, -0.05) is 0 Å². The van der Waals surface area contributed by atoms with Crippen molar-refractivity contribution in [1.29, 1.82) is 0 Å². The van der Waals surface area contributed by atoms with E-state index in [2.05, 4.69) is 63.2 Å². The van der Waals surface area contributed by atoms with Crippen LogP contribution in [-0.2, 0) is 11.3 Å². The number of nitrogens with one attached hydrogen (secondary N) is 1. The van der Waals surface area contributed by atoms with Gasteiger partial charge < -0.3 is 14.8 Å². The molecule has 18 heavy (non-hydrogen) atoms. The standard InChI is InChI=1S/C13H19Br2NO2/c1-13(2,18-4)8-16-7-9-5-10(14)12(17-3)11(15)6-9/h5-6,16H,7-8H2,1-4H3. The van der Waals surface area contributed by atoms with Gasteiger partial charge in [0.2, 0.25) is 0 Å². The van der Waals surface area contributed by atoms with E-state index >= 15 is 0 Å². The minimum absolute atomic E-state index is 0.152. The minimum atomic E-state index is -0.152. The van der Waals surface area contributed by atoms with Crippen molar-refractivity contribution in [2.45, 2.75) is 26.0 Å². The van der Waals surface area contributed by atoms with Crippen LogP contribution in [0.3, 0.4) is 0 Å². The van der Waals surface area contributed by atoms with Crippen LogP contribution >= 0.6 is 31.9 Å². The molecule has 0 unspecified atom stereocenters. The predicted octanol–water partition coefficient (Wildman–Crippen LogP) is 3.73. The predicted molar refractivity (Wildman–Crippen MR) is 81.2 cm³/mol. The van der Waals surface area contributed by atoms with Crippen LogP contribution in [0.15, 0.2) is 21.1 Å². The highest BCUT2D eigenvalue weighted by Crippen LogP contribution is 2.34. The number of rotatable bonds is 6. The van der Waals surface area contributed by atoms with Crippen LogP contribution in [0, 0.1) is 0 Å². The summed E-state index contributed by atoms with van der Waals surface area (Å²) in [5.74, 6) is 0.816. The zero-order chi connectivity index (χ0) is 13.8. The van der Waals surface area contributed by atoms with Gasteiger partial charge in [0.05, 0.1) is 21.7 Å². The number of methoxy groups -OCH3 is 2. The van der Waals surface area contributed by atoms with Gasteiger partial charge in [0.15, 0.2) is 0 Å². The summed E-state index contributed by atoms with van der Waals surface area (Å²) >= 11 is 6.99. The Balaban J connectivity index is 2.64. The molecule has 0 aliphatic rings. The molecule has 0 spiro atoms. The van der Waals surface area contributed by atoms with Crippen molar-refractivity contribution in [3.63, 3.8) is 0 Å². The molecule has 0 atom stereocenters. The molecule has 0 saturated carbocycles. The maximum atomic E-state index is 5.36. The molecule has 0 fully saturated rings. The first-order chi connectivity index (χ1) is 8.39.